The minimum absolute atomic E-state index is 0.398. The summed E-state index contributed by atoms with van der Waals surface area (Å²) in [5.74, 6) is 0.884. The Morgan fingerprint density at radius 1 is 1.21 bits per heavy atom. The van der Waals surface area contributed by atoms with Crippen molar-refractivity contribution in [2.75, 3.05) is 0 Å². The van der Waals surface area contributed by atoms with Gasteiger partial charge in [0.25, 0.3) is 0 Å². The quantitative estimate of drug-likeness (QED) is 0.697. The molecule has 0 atom stereocenters. The Morgan fingerprint density at radius 3 is 2.64 bits per heavy atom. The molecular formula is C11H18N2O. The summed E-state index contributed by atoms with van der Waals surface area (Å²) in [5, 5.41) is 4.13. The smallest absolute Gasteiger partial charge is 0.159 e. The molecule has 0 spiro atoms. The summed E-state index contributed by atoms with van der Waals surface area (Å²) in [6, 6.07) is 0. The van der Waals surface area contributed by atoms with E-state index in [2.05, 4.69) is 5.16 Å². The highest BCUT2D eigenvalue weighted by atomic mass is 16.5. The maximum atomic E-state index is 6.04. The lowest BCUT2D eigenvalue weighted by Crippen LogP contribution is -2.29. The molecule has 0 saturated heterocycles. The SMILES string of the molecule is CC(C)(N)c1onc2c1CCCCC2. The van der Waals surface area contributed by atoms with Gasteiger partial charge in [0.2, 0.25) is 0 Å². The molecule has 0 aliphatic heterocycles. The van der Waals surface area contributed by atoms with Crippen molar-refractivity contribution < 1.29 is 4.52 Å². The van der Waals surface area contributed by atoms with Crippen molar-refractivity contribution in [1.29, 1.82) is 0 Å². The number of aryl methyl sites for hydroxylation is 1. The number of hydrogen-bond donors (Lipinski definition) is 1. The van der Waals surface area contributed by atoms with E-state index in [9.17, 15) is 0 Å². The maximum absolute atomic E-state index is 6.04. The number of nitrogens with zero attached hydrogens (tertiary/aromatic N) is 1. The third-order valence-electron chi connectivity index (χ3n) is 2.80. The van der Waals surface area contributed by atoms with Gasteiger partial charge in [-0.1, -0.05) is 11.6 Å². The first-order valence-corrected chi connectivity index (χ1v) is 5.36. The molecular weight excluding hydrogens is 176 g/mol. The first-order chi connectivity index (χ1) is 6.59. The summed E-state index contributed by atoms with van der Waals surface area (Å²) in [6.07, 6.45) is 5.88. The van der Waals surface area contributed by atoms with E-state index in [4.69, 9.17) is 10.3 Å². The molecule has 0 fully saturated rings. The van der Waals surface area contributed by atoms with Crippen LogP contribution in [0.4, 0.5) is 0 Å². The van der Waals surface area contributed by atoms with Gasteiger partial charge in [-0.15, -0.1) is 0 Å². The van der Waals surface area contributed by atoms with E-state index in [-0.39, 0.29) is 0 Å². The van der Waals surface area contributed by atoms with Crippen molar-refractivity contribution in [1.82, 2.24) is 5.16 Å². The van der Waals surface area contributed by atoms with Crippen molar-refractivity contribution in [3.05, 3.63) is 17.0 Å². The lowest BCUT2D eigenvalue weighted by Gasteiger charge is -2.16. The van der Waals surface area contributed by atoms with Gasteiger partial charge in [0.05, 0.1) is 11.2 Å². The standard InChI is InChI=1S/C11H18N2O/c1-11(2,12)10-8-6-4-3-5-7-9(8)13-14-10/h3-7,12H2,1-2H3. The molecule has 1 aliphatic rings. The molecule has 1 aliphatic carbocycles. The zero-order valence-electron chi connectivity index (χ0n) is 8.97. The van der Waals surface area contributed by atoms with Crippen LogP contribution in [0.2, 0.25) is 0 Å². The molecule has 1 aromatic rings. The van der Waals surface area contributed by atoms with Gasteiger partial charge >= 0.3 is 0 Å². The fraction of sp³-hybridized carbons (Fsp3) is 0.727. The van der Waals surface area contributed by atoms with Crippen LogP contribution in [0.5, 0.6) is 0 Å². The number of hydrogen-bond acceptors (Lipinski definition) is 3. The zero-order valence-corrected chi connectivity index (χ0v) is 8.97. The Morgan fingerprint density at radius 2 is 1.93 bits per heavy atom. The highest BCUT2D eigenvalue weighted by molar-refractivity contribution is 5.28. The van der Waals surface area contributed by atoms with Gasteiger partial charge in [-0.25, -0.2) is 0 Å². The van der Waals surface area contributed by atoms with E-state index in [0.29, 0.717) is 0 Å². The maximum Gasteiger partial charge on any atom is 0.159 e. The van der Waals surface area contributed by atoms with Gasteiger partial charge < -0.3 is 10.3 Å². The third-order valence-corrected chi connectivity index (χ3v) is 2.80. The molecule has 78 valence electrons. The minimum atomic E-state index is -0.398. The summed E-state index contributed by atoms with van der Waals surface area (Å²) < 4.78 is 5.36. The van der Waals surface area contributed by atoms with Crippen LogP contribution in [0.15, 0.2) is 4.52 Å². The predicted octanol–water partition coefficient (Wildman–Crippen LogP) is 2.14. The van der Waals surface area contributed by atoms with Crippen molar-refractivity contribution >= 4 is 0 Å². The highest BCUT2D eigenvalue weighted by Gasteiger charge is 2.27. The van der Waals surface area contributed by atoms with Crippen LogP contribution in [0.25, 0.3) is 0 Å². The van der Waals surface area contributed by atoms with E-state index < -0.39 is 5.54 Å². The highest BCUT2D eigenvalue weighted by Crippen LogP contribution is 2.28. The van der Waals surface area contributed by atoms with Gasteiger partial charge in [-0.2, -0.15) is 0 Å². The molecule has 0 saturated carbocycles. The second-order valence-electron chi connectivity index (χ2n) is 4.72. The Hall–Kier alpha value is -0.830. The van der Waals surface area contributed by atoms with Crippen molar-refractivity contribution in [2.45, 2.75) is 51.5 Å². The largest absolute Gasteiger partial charge is 0.359 e. The monoisotopic (exact) mass is 194 g/mol. The molecule has 0 aromatic carbocycles. The summed E-state index contributed by atoms with van der Waals surface area (Å²) in [7, 11) is 0. The van der Waals surface area contributed by atoms with Crippen molar-refractivity contribution in [3.8, 4) is 0 Å². The van der Waals surface area contributed by atoms with Crippen LogP contribution in [0.3, 0.4) is 0 Å². The topological polar surface area (TPSA) is 52.0 Å². The number of rotatable bonds is 1. The van der Waals surface area contributed by atoms with Gasteiger partial charge in [-0.05, 0) is 39.5 Å². The van der Waals surface area contributed by atoms with E-state index in [1.54, 1.807) is 0 Å². The molecule has 14 heavy (non-hydrogen) atoms. The number of fused-ring (bicyclic) bond motifs is 1. The fourth-order valence-electron chi connectivity index (χ4n) is 2.07. The van der Waals surface area contributed by atoms with E-state index in [1.165, 1.54) is 24.8 Å². The Bertz CT molecular complexity index is 323. The van der Waals surface area contributed by atoms with Crippen LogP contribution < -0.4 is 5.73 Å². The van der Waals surface area contributed by atoms with Crippen molar-refractivity contribution in [2.24, 2.45) is 5.73 Å². The molecule has 3 nitrogen and oxygen atoms in total. The summed E-state index contributed by atoms with van der Waals surface area (Å²) in [4.78, 5) is 0. The number of aromatic nitrogens is 1. The van der Waals surface area contributed by atoms with Crippen LogP contribution in [0, 0.1) is 0 Å². The lowest BCUT2D eigenvalue weighted by atomic mass is 9.96. The van der Waals surface area contributed by atoms with Gasteiger partial charge in [0.15, 0.2) is 5.76 Å². The molecule has 3 heteroatoms. The Balaban J connectivity index is 2.39. The summed E-state index contributed by atoms with van der Waals surface area (Å²) >= 11 is 0. The molecule has 0 amide bonds. The summed E-state index contributed by atoms with van der Waals surface area (Å²) in [5.41, 5.74) is 8.05. The van der Waals surface area contributed by atoms with E-state index in [1.807, 2.05) is 13.8 Å². The first-order valence-electron chi connectivity index (χ1n) is 5.36. The van der Waals surface area contributed by atoms with Crippen molar-refractivity contribution in [3.63, 3.8) is 0 Å². The van der Waals surface area contributed by atoms with Crippen LogP contribution >= 0.6 is 0 Å². The normalized spacial score (nSPS) is 17.6. The van der Waals surface area contributed by atoms with E-state index in [0.717, 1.165) is 24.3 Å². The molecule has 0 bridgehead atoms. The average molecular weight is 194 g/mol. The second-order valence-corrected chi connectivity index (χ2v) is 4.72. The molecule has 0 radical (unpaired) electrons. The minimum Gasteiger partial charge on any atom is -0.359 e. The van der Waals surface area contributed by atoms with Gasteiger partial charge in [0.1, 0.15) is 0 Å². The molecule has 2 N–H and O–H groups in total. The van der Waals surface area contributed by atoms with Gasteiger partial charge in [-0.3, -0.25) is 0 Å². The average Bonchev–Trinajstić information content (AvgIpc) is 2.36. The van der Waals surface area contributed by atoms with E-state index >= 15 is 0 Å². The Kier molecular flexibility index (Phi) is 2.35. The second kappa shape index (κ2) is 3.39. The summed E-state index contributed by atoms with van der Waals surface area (Å²) in [6.45, 7) is 3.94. The first kappa shape index (κ1) is 9.71. The van der Waals surface area contributed by atoms with Gasteiger partial charge in [0, 0.05) is 5.56 Å². The molecule has 0 unspecified atom stereocenters. The molecule has 1 aromatic heterocycles. The van der Waals surface area contributed by atoms with Crippen LogP contribution in [-0.4, -0.2) is 5.16 Å². The fourth-order valence-corrected chi connectivity index (χ4v) is 2.07. The zero-order chi connectivity index (χ0) is 10.2. The third kappa shape index (κ3) is 1.69. The Labute approximate surface area is 84.7 Å². The lowest BCUT2D eigenvalue weighted by molar-refractivity contribution is 0.314. The number of nitrogens with two attached hydrogens (primary N) is 1. The van der Waals surface area contributed by atoms with Crippen LogP contribution in [0.1, 0.15) is 50.1 Å². The van der Waals surface area contributed by atoms with Crippen LogP contribution in [-0.2, 0) is 18.4 Å². The predicted molar refractivity (Wildman–Crippen MR) is 55.0 cm³/mol. The molecule has 2 rings (SSSR count). The molecule has 1 heterocycles.